The lowest BCUT2D eigenvalue weighted by molar-refractivity contribution is 0.454. The van der Waals surface area contributed by atoms with E-state index >= 15 is 0 Å². The Balaban J connectivity index is 3.84. The zero-order valence-electron chi connectivity index (χ0n) is 9.56. The highest BCUT2D eigenvalue weighted by molar-refractivity contribution is 14.1. The van der Waals surface area contributed by atoms with Crippen LogP contribution in [0.15, 0.2) is 24.8 Å². The largest absolute Gasteiger partial charge is 0.103 e. The van der Waals surface area contributed by atoms with E-state index in [0.717, 1.165) is 12.3 Å². The molecule has 0 aliphatic rings. The summed E-state index contributed by atoms with van der Waals surface area (Å²) < 4.78 is 1.27. The second-order valence-corrected chi connectivity index (χ2v) is 5.13. The smallest absolute Gasteiger partial charge is 0.00210 e. The van der Waals surface area contributed by atoms with E-state index in [4.69, 9.17) is 0 Å². The van der Waals surface area contributed by atoms with Crippen molar-refractivity contribution in [1.82, 2.24) is 0 Å². The van der Waals surface area contributed by atoms with Gasteiger partial charge in [-0.15, -0.1) is 6.58 Å². The molecule has 0 aliphatic heterocycles. The molecule has 82 valence electrons. The van der Waals surface area contributed by atoms with Crippen LogP contribution in [0.1, 0.15) is 39.5 Å². The van der Waals surface area contributed by atoms with Crippen LogP contribution in [-0.2, 0) is 0 Å². The highest BCUT2D eigenvalue weighted by Crippen LogP contribution is 2.24. The first-order chi connectivity index (χ1) is 6.61. The van der Waals surface area contributed by atoms with Crippen molar-refractivity contribution in [3.05, 3.63) is 24.8 Å². The van der Waals surface area contributed by atoms with Gasteiger partial charge < -0.3 is 0 Å². The molecule has 0 N–H and O–H groups in total. The van der Waals surface area contributed by atoms with E-state index in [1.807, 2.05) is 6.08 Å². The van der Waals surface area contributed by atoms with Crippen LogP contribution in [0.3, 0.4) is 0 Å². The molecule has 0 bridgehead atoms. The van der Waals surface area contributed by atoms with Crippen molar-refractivity contribution in [2.75, 3.05) is 4.43 Å². The predicted octanol–water partition coefficient (Wildman–Crippen LogP) is 5.00. The number of halogens is 1. The van der Waals surface area contributed by atoms with Gasteiger partial charge in [-0.1, -0.05) is 47.7 Å². The number of hydrogen-bond donors (Lipinski definition) is 0. The van der Waals surface area contributed by atoms with Gasteiger partial charge in [0.15, 0.2) is 0 Å². The number of alkyl halides is 1. The summed E-state index contributed by atoms with van der Waals surface area (Å²) in [4.78, 5) is 0. The Morgan fingerprint density at radius 2 is 2.00 bits per heavy atom. The van der Waals surface area contributed by atoms with Gasteiger partial charge >= 0.3 is 0 Å². The van der Waals surface area contributed by atoms with Crippen molar-refractivity contribution in [2.24, 2.45) is 11.8 Å². The fraction of sp³-hybridized carbons (Fsp3) is 0.692. The number of allylic oxidation sites excluding steroid dienone is 2. The summed E-state index contributed by atoms with van der Waals surface area (Å²) in [6.45, 7) is 12.3. The van der Waals surface area contributed by atoms with Crippen LogP contribution in [0.5, 0.6) is 0 Å². The molecular weight excluding hydrogens is 283 g/mol. The molecule has 0 aliphatic carbocycles. The van der Waals surface area contributed by atoms with Gasteiger partial charge in [0.1, 0.15) is 0 Å². The topological polar surface area (TPSA) is 0 Å². The lowest BCUT2D eigenvalue weighted by atomic mass is 9.89. The van der Waals surface area contributed by atoms with Crippen LogP contribution in [0.4, 0.5) is 0 Å². The molecule has 0 saturated heterocycles. The van der Waals surface area contributed by atoms with Gasteiger partial charge in [0.25, 0.3) is 0 Å². The van der Waals surface area contributed by atoms with Gasteiger partial charge in [-0.2, -0.15) is 0 Å². The summed E-state index contributed by atoms with van der Waals surface area (Å²) in [6, 6.07) is 0. The Bertz CT molecular complexity index is 172. The maximum absolute atomic E-state index is 4.08. The zero-order chi connectivity index (χ0) is 11.0. The summed E-state index contributed by atoms with van der Waals surface area (Å²) in [5, 5.41) is 0. The Morgan fingerprint density at radius 1 is 1.36 bits per heavy atom. The summed E-state index contributed by atoms with van der Waals surface area (Å²) in [5.41, 5.74) is 1.34. The average Bonchev–Trinajstić information content (AvgIpc) is 2.16. The first-order valence-electron chi connectivity index (χ1n) is 5.44. The number of rotatable bonds is 8. The maximum Gasteiger partial charge on any atom is 0.00210 e. The lowest BCUT2D eigenvalue weighted by Gasteiger charge is -2.17. The molecule has 14 heavy (non-hydrogen) atoms. The molecule has 0 radical (unpaired) electrons. The molecule has 2 unspecified atom stereocenters. The summed E-state index contributed by atoms with van der Waals surface area (Å²) in [6.07, 6.45) is 6.99. The molecular formula is C13H23I. The Labute approximate surface area is 103 Å². The van der Waals surface area contributed by atoms with Crippen molar-refractivity contribution in [3.63, 3.8) is 0 Å². The van der Waals surface area contributed by atoms with Crippen LogP contribution >= 0.6 is 22.6 Å². The van der Waals surface area contributed by atoms with Gasteiger partial charge in [0, 0.05) is 4.43 Å². The van der Waals surface area contributed by atoms with Crippen LogP contribution in [0, 0.1) is 11.8 Å². The second kappa shape index (κ2) is 8.51. The van der Waals surface area contributed by atoms with Crippen molar-refractivity contribution >= 4 is 22.6 Å². The molecule has 0 aromatic rings. The fourth-order valence-electron chi connectivity index (χ4n) is 1.52. The lowest BCUT2D eigenvalue weighted by Crippen LogP contribution is -2.05. The van der Waals surface area contributed by atoms with E-state index in [1.165, 1.54) is 29.3 Å². The van der Waals surface area contributed by atoms with E-state index in [1.54, 1.807) is 0 Å². The van der Waals surface area contributed by atoms with Crippen molar-refractivity contribution in [3.8, 4) is 0 Å². The van der Waals surface area contributed by atoms with Gasteiger partial charge in [-0.25, -0.2) is 0 Å². The second-order valence-electron chi connectivity index (χ2n) is 4.25. The van der Waals surface area contributed by atoms with E-state index in [9.17, 15) is 0 Å². The van der Waals surface area contributed by atoms with Crippen LogP contribution < -0.4 is 0 Å². The van der Waals surface area contributed by atoms with Gasteiger partial charge in [-0.05, 0) is 44.4 Å². The van der Waals surface area contributed by atoms with Gasteiger partial charge in [0.2, 0.25) is 0 Å². The zero-order valence-corrected chi connectivity index (χ0v) is 11.7. The van der Waals surface area contributed by atoms with Crippen molar-refractivity contribution in [2.45, 2.75) is 39.5 Å². The Hall–Kier alpha value is 0.210. The van der Waals surface area contributed by atoms with Gasteiger partial charge in [-0.3, -0.25) is 0 Å². The molecule has 1 heteroatoms. The fourth-order valence-corrected chi connectivity index (χ4v) is 1.96. The van der Waals surface area contributed by atoms with E-state index in [-0.39, 0.29) is 0 Å². The van der Waals surface area contributed by atoms with E-state index < -0.39 is 0 Å². The first-order valence-corrected chi connectivity index (χ1v) is 6.96. The maximum atomic E-state index is 4.08. The highest BCUT2D eigenvalue weighted by Gasteiger charge is 2.10. The third-order valence-corrected chi connectivity index (χ3v) is 4.19. The van der Waals surface area contributed by atoms with Crippen LogP contribution in [0.2, 0.25) is 0 Å². The monoisotopic (exact) mass is 306 g/mol. The summed E-state index contributed by atoms with van der Waals surface area (Å²) in [7, 11) is 0. The van der Waals surface area contributed by atoms with Crippen LogP contribution in [-0.4, -0.2) is 4.43 Å². The molecule has 0 amide bonds. The summed E-state index contributed by atoms with van der Waals surface area (Å²) in [5.74, 6) is 1.56. The third kappa shape index (κ3) is 6.63. The quantitative estimate of drug-likeness (QED) is 0.336. The van der Waals surface area contributed by atoms with Gasteiger partial charge in [0.05, 0.1) is 0 Å². The predicted molar refractivity (Wildman–Crippen MR) is 75.0 cm³/mol. The molecule has 0 saturated carbocycles. The Kier molecular flexibility index (Phi) is 8.64. The molecule has 0 aromatic heterocycles. The molecule has 0 rings (SSSR count). The normalized spacial score (nSPS) is 14.8. The first kappa shape index (κ1) is 14.2. The third-order valence-electron chi connectivity index (χ3n) is 2.69. The molecule has 0 nitrogen and oxygen atoms in total. The van der Waals surface area contributed by atoms with Crippen molar-refractivity contribution < 1.29 is 0 Å². The van der Waals surface area contributed by atoms with Crippen molar-refractivity contribution in [1.29, 1.82) is 0 Å². The molecule has 2 atom stereocenters. The number of hydrogen-bond acceptors (Lipinski definition) is 0. The molecule has 0 aromatic carbocycles. The SMILES string of the molecule is C=CCCC(CCC(C)CI)C(=C)C. The van der Waals surface area contributed by atoms with E-state index in [0.29, 0.717) is 5.92 Å². The summed E-state index contributed by atoms with van der Waals surface area (Å²) >= 11 is 2.47. The minimum atomic E-state index is 0.707. The van der Waals surface area contributed by atoms with E-state index in [2.05, 4.69) is 49.6 Å². The molecule has 0 fully saturated rings. The minimum Gasteiger partial charge on any atom is -0.103 e. The molecule has 0 spiro atoms. The highest BCUT2D eigenvalue weighted by atomic mass is 127. The Morgan fingerprint density at radius 3 is 2.43 bits per heavy atom. The molecule has 0 heterocycles. The average molecular weight is 306 g/mol. The standard InChI is InChI=1S/C13H23I/c1-5-6-7-13(11(2)3)9-8-12(4)10-14/h5,12-13H,1-2,6-10H2,3-4H3. The minimum absolute atomic E-state index is 0.707. The van der Waals surface area contributed by atoms with Crippen LogP contribution in [0.25, 0.3) is 0 Å².